The van der Waals surface area contributed by atoms with Crippen molar-refractivity contribution in [3.05, 3.63) is 0 Å². The SMILES string of the molecule is CC(C)CC1CCOC1CC(C)(C)CCC1CCOC1. The van der Waals surface area contributed by atoms with E-state index in [-0.39, 0.29) is 0 Å². The molecule has 2 heteroatoms. The molecule has 0 saturated carbocycles. The summed E-state index contributed by atoms with van der Waals surface area (Å²) in [4.78, 5) is 0. The first-order valence-corrected chi connectivity index (χ1v) is 8.65. The van der Waals surface area contributed by atoms with E-state index in [1.54, 1.807) is 0 Å². The first-order valence-electron chi connectivity index (χ1n) is 8.65. The van der Waals surface area contributed by atoms with E-state index >= 15 is 0 Å². The molecule has 2 saturated heterocycles. The highest BCUT2D eigenvalue weighted by atomic mass is 16.5. The standard InChI is InChI=1S/C18H34O2/c1-14(2)11-16-7-10-20-17(16)12-18(3,4)8-5-15-6-9-19-13-15/h14-17H,5-13H2,1-4H3. The van der Waals surface area contributed by atoms with Gasteiger partial charge in [-0.3, -0.25) is 0 Å². The quantitative estimate of drug-likeness (QED) is 0.675. The van der Waals surface area contributed by atoms with E-state index in [9.17, 15) is 0 Å². The van der Waals surface area contributed by atoms with Crippen LogP contribution >= 0.6 is 0 Å². The molecule has 0 aromatic heterocycles. The van der Waals surface area contributed by atoms with Crippen molar-refractivity contribution < 1.29 is 9.47 Å². The number of rotatable bonds is 7. The summed E-state index contributed by atoms with van der Waals surface area (Å²) < 4.78 is 11.5. The highest BCUT2D eigenvalue weighted by Gasteiger charge is 2.34. The summed E-state index contributed by atoms with van der Waals surface area (Å²) in [7, 11) is 0. The van der Waals surface area contributed by atoms with Gasteiger partial charge in [0.2, 0.25) is 0 Å². The number of ether oxygens (including phenoxy) is 2. The van der Waals surface area contributed by atoms with E-state index in [2.05, 4.69) is 27.7 Å². The Balaban J connectivity index is 1.77. The van der Waals surface area contributed by atoms with Crippen LogP contribution in [0.3, 0.4) is 0 Å². The molecule has 0 spiro atoms. The van der Waals surface area contributed by atoms with Gasteiger partial charge < -0.3 is 9.47 Å². The minimum atomic E-state index is 0.410. The maximum absolute atomic E-state index is 6.05. The van der Waals surface area contributed by atoms with E-state index in [1.165, 1.54) is 38.5 Å². The molecule has 2 aliphatic rings. The van der Waals surface area contributed by atoms with Crippen molar-refractivity contribution in [3.63, 3.8) is 0 Å². The van der Waals surface area contributed by atoms with Crippen molar-refractivity contribution in [1.82, 2.24) is 0 Å². The molecule has 2 fully saturated rings. The number of hydrogen-bond donors (Lipinski definition) is 0. The fourth-order valence-electron chi connectivity index (χ4n) is 3.85. The molecular formula is C18H34O2. The molecule has 0 aliphatic carbocycles. The Morgan fingerprint density at radius 1 is 1.15 bits per heavy atom. The summed E-state index contributed by atoms with van der Waals surface area (Å²) in [5, 5.41) is 0. The average molecular weight is 282 g/mol. The van der Waals surface area contributed by atoms with Crippen molar-refractivity contribution in [1.29, 1.82) is 0 Å². The van der Waals surface area contributed by atoms with Crippen LogP contribution in [0.1, 0.15) is 66.2 Å². The number of hydrogen-bond acceptors (Lipinski definition) is 2. The van der Waals surface area contributed by atoms with Gasteiger partial charge in [-0.2, -0.15) is 0 Å². The van der Waals surface area contributed by atoms with E-state index in [1.807, 2.05) is 0 Å². The van der Waals surface area contributed by atoms with Crippen LogP contribution in [0.4, 0.5) is 0 Å². The third-order valence-electron chi connectivity index (χ3n) is 5.13. The molecule has 3 unspecified atom stereocenters. The van der Waals surface area contributed by atoms with Gasteiger partial charge in [0.25, 0.3) is 0 Å². The zero-order valence-corrected chi connectivity index (χ0v) is 14.0. The van der Waals surface area contributed by atoms with Crippen molar-refractivity contribution in [2.24, 2.45) is 23.2 Å². The zero-order chi connectivity index (χ0) is 14.6. The summed E-state index contributed by atoms with van der Waals surface area (Å²) >= 11 is 0. The van der Waals surface area contributed by atoms with Crippen molar-refractivity contribution >= 4 is 0 Å². The molecule has 2 rings (SSSR count). The third-order valence-corrected chi connectivity index (χ3v) is 5.13. The highest BCUT2D eigenvalue weighted by molar-refractivity contribution is 4.84. The summed E-state index contributed by atoms with van der Waals surface area (Å²) in [6, 6.07) is 0. The molecule has 118 valence electrons. The minimum Gasteiger partial charge on any atom is -0.381 e. The normalized spacial score (nSPS) is 31.4. The average Bonchev–Trinajstić information content (AvgIpc) is 2.98. The van der Waals surface area contributed by atoms with Gasteiger partial charge in [-0.25, -0.2) is 0 Å². The monoisotopic (exact) mass is 282 g/mol. The van der Waals surface area contributed by atoms with Gasteiger partial charge in [0.1, 0.15) is 0 Å². The molecule has 0 aromatic carbocycles. The van der Waals surface area contributed by atoms with E-state index in [0.29, 0.717) is 11.5 Å². The van der Waals surface area contributed by atoms with E-state index in [4.69, 9.17) is 9.47 Å². The summed E-state index contributed by atoms with van der Waals surface area (Å²) in [6.07, 6.45) is 8.26. The van der Waals surface area contributed by atoms with Gasteiger partial charge in [-0.1, -0.05) is 27.7 Å². The maximum atomic E-state index is 6.05. The van der Waals surface area contributed by atoms with Crippen molar-refractivity contribution in [3.8, 4) is 0 Å². The van der Waals surface area contributed by atoms with Gasteiger partial charge >= 0.3 is 0 Å². The van der Waals surface area contributed by atoms with Crippen LogP contribution in [-0.4, -0.2) is 25.9 Å². The molecule has 0 radical (unpaired) electrons. The van der Waals surface area contributed by atoms with E-state index < -0.39 is 0 Å². The van der Waals surface area contributed by atoms with Crippen LogP contribution in [0.2, 0.25) is 0 Å². The molecule has 0 N–H and O–H groups in total. The fraction of sp³-hybridized carbons (Fsp3) is 1.00. The van der Waals surface area contributed by atoms with Gasteiger partial charge in [0, 0.05) is 19.8 Å². The predicted octanol–water partition coefficient (Wildman–Crippen LogP) is 4.67. The Morgan fingerprint density at radius 2 is 1.95 bits per heavy atom. The van der Waals surface area contributed by atoms with Crippen LogP contribution in [-0.2, 0) is 9.47 Å². The molecule has 0 amide bonds. The Bertz CT molecular complexity index is 279. The molecule has 2 aliphatic heterocycles. The smallest absolute Gasteiger partial charge is 0.0609 e. The van der Waals surface area contributed by atoms with Crippen LogP contribution in [0.25, 0.3) is 0 Å². The minimum absolute atomic E-state index is 0.410. The molecule has 3 atom stereocenters. The fourth-order valence-corrected chi connectivity index (χ4v) is 3.85. The lowest BCUT2D eigenvalue weighted by atomic mass is 9.76. The Morgan fingerprint density at radius 3 is 2.60 bits per heavy atom. The second kappa shape index (κ2) is 7.26. The van der Waals surface area contributed by atoms with Crippen molar-refractivity contribution in [2.75, 3.05) is 19.8 Å². The highest BCUT2D eigenvalue weighted by Crippen LogP contribution is 2.38. The predicted molar refractivity (Wildman–Crippen MR) is 83.9 cm³/mol. The molecule has 2 heterocycles. The first-order chi connectivity index (χ1) is 9.46. The lowest BCUT2D eigenvalue weighted by Crippen LogP contribution is -2.26. The van der Waals surface area contributed by atoms with Gasteiger partial charge in [-0.05, 0) is 61.7 Å². The largest absolute Gasteiger partial charge is 0.381 e. The molecule has 20 heavy (non-hydrogen) atoms. The summed E-state index contributed by atoms with van der Waals surface area (Å²) in [6.45, 7) is 12.5. The van der Waals surface area contributed by atoms with Crippen LogP contribution in [0.15, 0.2) is 0 Å². The summed E-state index contributed by atoms with van der Waals surface area (Å²) in [5.74, 6) is 2.40. The topological polar surface area (TPSA) is 18.5 Å². The second-order valence-corrected chi connectivity index (χ2v) is 8.22. The first kappa shape index (κ1) is 16.3. The summed E-state index contributed by atoms with van der Waals surface area (Å²) in [5.41, 5.74) is 0.410. The van der Waals surface area contributed by atoms with Crippen LogP contribution in [0.5, 0.6) is 0 Å². The molecule has 0 bridgehead atoms. The molecule has 2 nitrogen and oxygen atoms in total. The molecule has 0 aromatic rings. The second-order valence-electron chi connectivity index (χ2n) is 8.22. The van der Waals surface area contributed by atoms with Crippen LogP contribution < -0.4 is 0 Å². The molecular weight excluding hydrogens is 248 g/mol. The van der Waals surface area contributed by atoms with E-state index in [0.717, 1.165) is 37.6 Å². The van der Waals surface area contributed by atoms with Crippen LogP contribution in [0, 0.1) is 23.2 Å². The lowest BCUT2D eigenvalue weighted by Gasteiger charge is -2.31. The Hall–Kier alpha value is -0.0800. The Labute approximate surface area is 125 Å². The van der Waals surface area contributed by atoms with Gasteiger partial charge in [0.05, 0.1) is 6.10 Å². The lowest BCUT2D eigenvalue weighted by molar-refractivity contribution is 0.0430. The van der Waals surface area contributed by atoms with Gasteiger partial charge in [-0.15, -0.1) is 0 Å². The third kappa shape index (κ3) is 5.04. The van der Waals surface area contributed by atoms with Crippen molar-refractivity contribution in [2.45, 2.75) is 72.3 Å². The maximum Gasteiger partial charge on any atom is 0.0609 e. The Kier molecular flexibility index (Phi) is 5.92. The zero-order valence-electron chi connectivity index (χ0n) is 14.0. The van der Waals surface area contributed by atoms with Gasteiger partial charge in [0.15, 0.2) is 0 Å².